The van der Waals surface area contributed by atoms with Gasteiger partial charge < -0.3 is 9.47 Å². The molecule has 0 bridgehead atoms. The van der Waals surface area contributed by atoms with Crippen LogP contribution in [0.25, 0.3) is 0 Å². The lowest BCUT2D eigenvalue weighted by molar-refractivity contribution is -0.126. The van der Waals surface area contributed by atoms with Crippen molar-refractivity contribution >= 4 is 34.2 Å². The Balaban J connectivity index is 1.39. The third kappa shape index (κ3) is 6.15. The number of amides is 1. The Morgan fingerprint density at radius 1 is 0.879 bits per heavy atom. The van der Waals surface area contributed by atoms with Crippen molar-refractivity contribution in [2.24, 2.45) is 0 Å². The van der Waals surface area contributed by atoms with Crippen molar-refractivity contribution in [2.75, 3.05) is 13.2 Å². The van der Waals surface area contributed by atoms with Crippen LogP contribution in [-0.2, 0) is 24.2 Å². The summed E-state index contributed by atoms with van der Waals surface area (Å²) < 4.78 is 12.5. The van der Waals surface area contributed by atoms with E-state index in [-0.39, 0.29) is 11.2 Å². The lowest BCUT2D eigenvalue weighted by Gasteiger charge is -2.16. The standard InChI is InChI=1S/C27H27NO3S2/c1-2-30-24-17-22(13-14-23(24)31-19-21-11-7-4-8-12-21)18-25-26(29)28(27(32)33-25)16-15-20-9-5-3-6-10-20/h3-14,17,25H,2,15-16,18-19H2,1H3/t25-/m1/s1. The van der Waals surface area contributed by atoms with E-state index in [1.54, 1.807) is 4.90 Å². The second-order valence-corrected chi connectivity index (χ2v) is 9.63. The summed E-state index contributed by atoms with van der Waals surface area (Å²) >= 11 is 7.00. The summed E-state index contributed by atoms with van der Waals surface area (Å²) in [5.74, 6) is 1.49. The molecular weight excluding hydrogens is 450 g/mol. The smallest absolute Gasteiger partial charge is 0.241 e. The first-order valence-corrected chi connectivity index (χ1v) is 12.4. The lowest BCUT2D eigenvalue weighted by Crippen LogP contribution is -2.33. The van der Waals surface area contributed by atoms with Gasteiger partial charge >= 0.3 is 0 Å². The molecule has 0 unspecified atom stereocenters. The highest BCUT2D eigenvalue weighted by atomic mass is 32.2. The molecule has 1 aliphatic heterocycles. The first-order valence-electron chi connectivity index (χ1n) is 11.1. The minimum absolute atomic E-state index is 0.0864. The summed E-state index contributed by atoms with van der Waals surface area (Å²) in [4.78, 5) is 14.8. The maximum Gasteiger partial charge on any atom is 0.241 e. The summed E-state index contributed by atoms with van der Waals surface area (Å²) in [5.41, 5.74) is 3.33. The van der Waals surface area contributed by atoms with E-state index in [1.165, 1.54) is 17.3 Å². The molecule has 4 nitrogen and oxygen atoms in total. The number of carbonyl (C=O) groups excluding carboxylic acids is 1. The minimum Gasteiger partial charge on any atom is -0.490 e. The zero-order valence-electron chi connectivity index (χ0n) is 18.6. The predicted octanol–water partition coefficient (Wildman–Crippen LogP) is 5.68. The number of benzene rings is 3. The van der Waals surface area contributed by atoms with Crippen LogP contribution in [-0.4, -0.2) is 33.5 Å². The van der Waals surface area contributed by atoms with Crippen LogP contribution in [0.5, 0.6) is 11.5 Å². The summed E-state index contributed by atoms with van der Waals surface area (Å²) in [7, 11) is 0. The summed E-state index contributed by atoms with van der Waals surface area (Å²) in [5, 5.41) is -0.209. The molecule has 0 spiro atoms. The maximum atomic E-state index is 13.0. The highest BCUT2D eigenvalue weighted by molar-refractivity contribution is 8.24. The third-order valence-electron chi connectivity index (χ3n) is 5.44. The molecule has 1 atom stereocenters. The van der Waals surface area contributed by atoms with E-state index in [4.69, 9.17) is 21.7 Å². The highest BCUT2D eigenvalue weighted by Crippen LogP contribution is 2.34. The van der Waals surface area contributed by atoms with Crippen LogP contribution in [0, 0.1) is 0 Å². The Morgan fingerprint density at radius 3 is 2.27 bits per heavy atom. The van der Waals surface area contributed by atoms with Gasteiger partial charge in [0, 0.05) is 6.54 Å². The van der Waals surface area contributed by atoms with E-state index in [0.717, 1.165) is 17.5 Å². The minimum atomic E-state index is -0.209. The van der Waals surface area contributed by atoms with Gasteiger partial charge in [-0.1, -0.05) is 90.7 Å². The molecule has 0 aliphatic carbocycles. The summed E-state index contributed by atoms with van der Waals surface area (Å²) in [6, 6.07) is 26.1. The molecule has 33 heavy (non-hydrogen) atoms. The van der Waals surface area contributed by atoms with Gasteiger partial charge in [0.1, 0.15) is 10.9 Å². The number of hydrogen-bond donors (Lipinski definition) is 0. The Kier molecular flexibility index (Phi) is 8.02. The average Bonchev–Trinajstić information content (AvgIpc) is 3.10. The van der Waals surface area contributed by atoms with Crippen molar-refractivity contribution in [2.45, 2.75) is 31.6 Å². The van der Waals surface area contributed by atoms with Crippen LogP contribution in [0.2, 0.25) is 0 Å². The van der Waals surface area contributed by atoms with Gasteiger partial charge in [-0.25, -0.2) is 0 Å². The first-order chi connectivity index (χ1) is 16.1. The molecule has 170 valence electrons. The van der Waals surface area contributed by atoms with E-state index in [0.29, 0.717) is 42.0 Å². The highest BCUT2D eigenvalue weighted by Gasteiger charge is 2.36. The molecule has 1 heterocycles. The Morgan fingerprint density at radius 2 is 1.58 bits per heavy atom. The SMILES string of the molecule is CCOc1cc(C[C@H]2SC(=S)N(CCc3ccccc3)C2=O)ccc1OCc1ccccc1. The van der Waals surface area contributed by atoms with E-state index in [1.807, 2.05) is 73.7 Å². The normalized spacial score (nSPS) is 15.7. The van der Waals surface area contributed by atoms with Crippen molar-refractivity contribution in [3.8, 4) is 11.5 Å². The van der Waals surface area contributed by atoms with Crippen LogP contribution in [0.15, 0.2) is 78.9 Å². The maximum absolute atomic E-state index is 13.0. The number of nitrogens with zero attached hydrogens (tertiary/aromatic N) is 1. The average molecular weight is 478 g/mol. The van der Waals surface area contributed by atoms with Gasteiger partial charge in [-0.2, -0.15) is 0 Å². The van der Waals surface area contributed by atoms with Gasteiger partial charge in [0.2, 0.25) is 5.91 Å². The molecule has 1 saturated heterocycles. The molecule has 3 aromatic carbocycles. The molecule has 3 aromatic rings. The van der Waals surface area contributed by atoms with Gasteiger partial charge in [-0.05, 0) is 48.6 Å². The number of ether oxygens (including phenoxy) is 2. The van der Waals surface area contributed by atoms with Crippen LogP contribution < -0.4 is 9.47 Å². The van der Waals surface area contributed by atoms with Crippen LogP contribution in [0.3, 0.4) is 0 Å². The van der Waals surface area contributed by atoms with Gasteiger partial charge in [0.15, 0.2) is 11.5 Å². The van der Waals surface area contributed by atoms with E-state index < -0.39 is 0 Å². The summed E-state index contributed by atoms with van der Waals surface area (Å²) in [6.07, 6.45) is 1.40. The topological polar surface area (TPSA) is 38.8 Å². The molecule has 1 aliphatic rings. The fraction of sp³-hybridized carbons (Fsp3) is 0.259. The Labute approximate surface area is 204 Å². The molecule has 1 fully saturated rings. The molecule has 0 N–H and O–H groups in total. The zero-order valence-corrected chi connectivity index (χ0v) is 20.2. The van der Waals surface area contributed by atoms with Crippen molar-refractivity contribution < 1.29 is 14.3 Å². The first kappa shape index (κ1) is 23.3. The van der Waals surface area contributed by atoms with E-state index in [9.17, 15) is 4.79 Å². The number of hydrogen-bond acceptors (Lipinski definition) is 5. The largest absolute Gasteiger partial charge is 0.490 e. The second-order valence-electron chi connectivity index (χ2n) is 7.79. The quantitative estimate of drug-likeness (QED) is 0.351. The van der Waals surface area contributed by atoms with Crippen molar-refractivity contribution in [3.05, 3.63) is 95.6 Å². The monoisotopic (exact) mass is 477 g/mol. The summed E-state index contributed by atoms with van der Waals surface area (Å²) in [6.45, 7) is 3.58. The Hall–Kier alpha value is -2.83. The molecule has 1 amide bonds. The number of thioether (sulfide) groups is 1. The lowest BCUT2D eigenvalue weighted by atomic mass is 10.1. The van der Waals surface area contributed by atoms with Crippen LogP contribution in [0.1, 0.15) is 23.6 Å². The fourth-order valence-electron chi connectivity index (χ4n) is 3.73. The number of thiocarbonyl (C=S) groups is 1. The second kappa shape index (κ2) is 11.3. The van der Waals surface area contributed by atoms with Gasteiger partial charge in [-0.3, -0.25) is 9.69 Å². The Bertz CT molecular complexity index is 1090. The van der Waals surface area contributed by atoms with Crippen molar-refractivity contribution in [1.82, 2.24) is 4.90 Å². The predicted molar refractivity (Wildman–Crippen MR) is 138 cm³/mol. The van der Waals surface area contributed by atoms with Crippen LogP contribution in [0.4, 0.5) is 0 Å². The molecule has 0 saturated carbocycles. The van der Waals surface area contributed by atoms with Crippen molar-refractivity contribution in [1.29, 1.82) is 0 Å². The molecular formula is C27H27NO3S2. The van der Waals surface area contributed by atoms with Gasteiger partial charge in [0.25, 0.3) is 0 Å². The van der Waals surface area contributed by atoms with Crippen LogP contribution >= 0.6 is 24.0 Å². The molecule has 0 aromatic heterocycles. The molecule has 4 rings (SSSR count). The van der Waals surface area contributed by atoms with Crippen molar-refractivity contribution in [3.63, 3.8) is 0 Å². The van der Waals surface area contributed by atoms with Gasteiger partial charge in [0.05, 0.1) is 11.9 Å². The molecule has 0 radical (unpaired) electrons. The van der Waals surface area contributed by atoms with E-state index >= 15 is 0 Å². The number of rotatable bonds is 10. The third-order valence-corrected chi connectivity index (χ3v) is 7.02. The number of carbonyl (C=O) groups is 1. The van der Waals surface area contributed by atoms with Gasteiger partial charge in [-0.15, -0.1) is 0 Å². The fourth-order valence-corrected chi connectivity index (χ4v) is 5.32. The molecule has 6 heteroatoms. The zero-order chi connectivity index (χ0) is 23.0. The van der Waals surface area contributed by atoms with E-state index in [2.05, 4.69) is 12.1 Å².